The largest absolute Gasteiger partial charge is 0.320 e. The van der Waals surface area contributed by atoms with Gasteiger partial charge in [-0.05, 0) is 44.0 Å². The minimum atomic E-state index is -0.973. The van der Waals surface area contributed by atoms with E-state index in [1.54, 1.807) is 29.8 Å². The Hall–Kier alpha value is -3.62. The minimum Gasteiger partial charge on any atom is -0.320 e. The van der Waals surface area contributed by atoms with Crippen molar-refractivity contribution in [2.24, 2.45) is 0 Å². The summed E-state index contributed by atoms with van der Waals surface area (Å²) in [5, 5.41) is 2.42. The molecule has 0 bridgehead atoms. The normalized spacial score (nSPS) is 16.2. The second-order valence-electron chi connectivity index (χ2n) is 7.16. The molecule has 1 saturated carbocycles. The summed E-state index contributed by atoms with van der Waals surface area (Å²) in [5.74, 6) is -2.74. The van der Waals surface area contributed by atoms with E-state index in [4.69, 9.17) is 0 Å². The molecule has 0 radical (unpaired) electrons. The number of rotatable bonds is 3. The molecule has 5 rings (SSSR count). The summed E-state index contributed by atoms with van der Waals surface area (Å²) in [7, 11) is 0. The van der Waals surface area contributed by atoms with Gasteiger partial charge in [0.15, 0.2) is 11.6 Å². The molecule has 0 unspecified atom stereocenters. The first-order chi connectivity index (χ1) is 13.9. The van der Waals surface area contributed by atoms with Crippen molar-refractivity contribution >= 4 is 29.1 Å². The van der Waals surface area contributed by atoms with E-state index in [0.29, 0.717) is 12.8 Å². The Morgan fingerprint density at radius 2 is 1.90 bits per heavy atom. The van der Waals surface area contributed by atoms with Crippen molar-refractivity contribution in [2.45, 2.75) is 25.3 Å². The molecule has 2 amide bonds. The number of carbonyl (C=O) groups excluding carboxylic acids is 2. The SMILES string of the molecule is Cc1cnc2n1C1(CC1)C(=O)N2c1c(F)cc(NC(=O)c2ccccn2)cc1F. The molecular formula is C20H15F2N5O2. The Morgan fingerprint density at radius 3 is 2.52 bits per heavy atom. The first kappa shape index (κ1) is 17.5. The molecule has 146 valence electrons. The summed E-state index contributed by atoms with van der Waals surface area (Å²) >= 11 is 0. The standard InChI is InChI=1S/C20H15F2N5O2/c1-11-10-24-19-26(18(29)20(5-6-20)27(11)19)16-13(21)8-12(9-14(16)22)25-17(28)15-4-2-3-7-23-15/h2-4,7-10H,5-6H2,1H3,(H,25,28). The maximum absolute atomic E-state index is 14.9. The molecule has 1 aliphatic carbocycles. The van der Waals surface area contributed by atoms with Crippen LogP contribution in [-0.4, -0.2) is 26.3 Å². The number of anilines is 3. The highest BCUT2D eigenvalue weighted by atomic mass is 19.1. The van der Waals surface area contributed by atoms with Gasteiger partial charge in [-0.3, -0.25) is 19.1 Å². The number of hydrogen-bond acceptors (Lipinski definition) is 4. The Morgan fingerprint density at radius 1 is 1.17 bits per heavy atom. The van der Waals surface area contributed by atoms with Crippen molar-refractivity contribution in [3.05, 3.63) is 65.7 Å². The van der Waals surface area contributed by atoms with Crippen LogP contribution in [0.25, 0.3) is 0 Å². The van der Waals surface area contributed by atoms with E-state index in [1.165, 1.54) is 12.3 Å². The lowest BCUT2D eigenvalue weighted by atomic mass is 10.2. The zero-order valence-electron chi connectivity index (χ0n) is 15.3. The number of hydrogen-bond donors (Lipinski definition) is 1. The fourth-order valence-electron chi connectivity index (χ4n) is 3.81. The van der Waals surface area contributed by atoms with Gasteiger partial charge in [0.25, 0.3) is 11.8 Å². The number of nitrogens with zero attached hydrogens (tertiary/aromatic N) is 4. The lowest BCUT2D eigenvalue weighted by molar-refractivity contribution is -0.120. The summed E-state index contributed by atoms with van der Waals surface area (Å²) in [6.07, 6.45) is 4.23. The van der Waals surface area contributed by atoms with Crippen LogP contribution in [0, 0.1) is 18.6 Å². The molecule has 1 aliphatic heterocycles. The predicted octanol–water partition coefficient (Wildman–Crippen LogP) is 3.28. The summed E-state index contributed by atoms with van der Waals surface area (Å²) in [4.78, 5) is 34.2. The molecule has 7 nitrogen and oxygen atoms in total. The van der Waals surface area contributed by atoms with Gasteiger partial charge in [0.1, 0.15) is 16.9 Å². The quantitative estimate of drug-likeness (QED) is 0.738. The number of benzene rings is 1. The summed E-state index contributed by atoms with van der Waals surface area (Å²) in [6.45, 7) is 1.80. The van der Waals surface area contributed by atoms with Crippen LogP contribution in [0.5, 0.6) is 0 Å². The van der Waals surface area contributed by atoms with E-state index in [9.17, 15) is 18.4 Å². The van der Waals surface area contributed by atoms with E-state index < -0.39 is 34.7 Å². The second-order valence-corrected chi connectivity index (χ2v) is 7.16. The predicted molar refractivity (Wildman–Crippen MR) is 99.9 cm³/mol. The molecule has 2 aliphatic rings. The number of fused-ring (bicyclic) bond motifs is 2. The van der Waals surface area contributed by atoms with Crippen molar-refractivity contribution in [3.63, 3.8) is 0 Å². The molecule has 0 saturated heterocycles. The number of pyridine rings is 1. The average molecular weight is 395 g/mol. The Balaban J connectivity index is 1.51. The van der Waals surface area contributed by atoms with Gasteiger partial charge in [-0.2, -0.15) is 0 Å². The van der Waals surface area contributed by atoms with E-state index in [1.807, 2.05) is 0 Å². The number of nitrogens with one attached hydrogen (secondary N) is 1. The highest BCUT2D eigenvalue weighted by molar-refractivity contribution is 6.09. The van der Waals surface area contributed by atoms with Crippen molar-refractivity contribution in [2.75, 3.05) is 10.2 Å². The summed E-state index contributed by atoms with van der Waals surface area (Å²) in [5.41, 5.74) is -0.498. The number of carbonyl (C=O) groups is 2. The van der Waals surface area contributed by atoms with Gasteiger partial charge < -0.3 is 5.32 Å². The second kappa shape index (κ2) is 5.94. The van der Waals surface area contributed by atoms with Gasteiger partial charge in [-0.15, -0.1) is 0 Å². The van der Waals surface area contributed by atoms with Crippen LogP contribution < -0.4 is 10.2 Å². The summed E-state index contributed by atoms with van der Waals surface area (Å²) in [6, 6.07) is 6.71. The van der Waals surface area contributed by atoms with E-state index >= 15 is 0 Å². The Kier molecular flexibility index (Phi) is 3.58. The molecule has 2 aromatic heterocycles. The molecule has 29 heavy (non-hydrogen) atoms. The molecule has 1 spiro atoms. The van der Waals surface area contributed by atoms with Crippen LogP contribution in [0.15, 0.2) is 42.7 Å². The number of aryl methyl sites for hydroxylation is 1. The van der Waals surface area contributed by atoms with Gasteiger partial charge in [0, 0.05) is 17.6 Å². The smallest absolute Gasteiger partial charge is 0.274 e. The molecule has 1 N–H and O–H groups in total. The number of halogens is 2. The van der Waals surface area contributed by atoms with Gasteiger partial charge in [0.05, 0.1) is 6.20 Å². The van der Waals surface area contributed by atoms with Crippen LogP contribution in [0.1, 0.15) is 29.0 Å². The van der Waals surface area contributed by atoms with Gasteiger partial charge >= 0.3 is 0 Å². The third-order valence-corrected chi connectivity index (χ3v) is 5.27. The first-order valence-corrected chi connectivity index (χ1v) is 9.03. The highest BCUT2D eigenvalue weighted by Gasteiger charge is 2.61. The molecular weight excluding hydrogens is 380 g/mol. The van der Waals surface area contributed by atoms with Crippen LogP contribution in [-0.2, 0) is 10.3 Å². The van der Waals surface area contributed by atoms with Crippen LogP contribution in [0.2, 0.25) is 0 Å². The molecule has 3 aromatic rings. The lowest BCUT2D eigenvalue weighted by Gasteiger charge is -2.18. The molecule has 3 heterocycles. The van der Waals surface area contributed by atoms with Crippen molar-refractivity contribution in [1.82, 2.24) is 14.5 Å². The fraction of sp³-hybridized carbons (Fsp3) is 0.200. The fourth-order valence-corrected chi connectivity index (χ4v) is 3.81. The van der Waals surface area contributed by atoms with Gasteiger partial charge in [0.2, 0.25) is 5.95 Å². The van der Waals surface area contributed by atoms with Gasteiger partial charge in [-0.1, -0.05) is 6.07 Å². The highest BCUT2D eigenvalue weighted by Crippen LogP contribution is 2.55. The zero-order chi connectivity index (χ0) is 20.3. The number of imidazole rings is 1. The lowest BCUT2D eigenvalue weighted by Crippen LogP contribution is -2.31. The van der Waals surface area contributed by atoms with E-state index in [0.717, 1.165) is 22.7 Å². The van der Waals surface area contributed by atoms with Crippen LogP contribution in [0.4, 0.5) is 26.1 Å². The molecule has 9 heteroatoms. The topological polar surface area (TPSA) is 80.1 Å². The van der Waals surface area contributed by atoms with Crippen LogP contribution >= 0.6 is 0 Å². The van der Waals surface area contributed by atoms with E-state index in [-0.39, 0.29) is 17.3 Å². The molecule has 1 aromatic carbocycles. The number of amides is 2. The van der Waals surface area contributed by atoms with Crippen molar-refractivity contribution in [1.29, 1.82) is 0 Å². The average Bonchev–Trinajstić information content (AvgIpc) is 3.35. The van der Waals surface area contributed by atoms with Gasteiger partial charge in [-0.25, -0.2) is 18.7 Å². The minimum absolute atomic E-state index is 0.0771. The summed E-state index contributed by atoms with van der Waals surface area (Å²) < 4.78 is 31.6. The molecule has 1 fully saturated rings. The monoisotopic (exact) mass is 395 g/mol. The molecule has 0 atom stereocenters. The van der Waals surface area contributed by atoms with Crippen molar-refractivity contribution in [3.8, 4) is 0 Å². The third-order valence-electron chi connectivity index (χ3n) is 5.27. The zero-order valence-corrected chi connectivity index (χ0v) is 15.3. The maximum atomic E-state index is 14.9. The van der Waals surface area contributed by atoms with Crippen LogP contribution in [0.3, 0.4) is 0 Å². The van der Waals surface area contributed by atoms with Crippen molar-refractivity contribution < 1.29 is 18.4 Å². The maximum Gasteiger partial charge on any atom is 0.274 e. The Bertz CT molecular complexity index is 1150. The first-order valence-electron chi connectivity index (χ1n) is 9.03. The third kappa shape index (κ3) is 2.47. The Labute approximate surface area is 164 Å². The van der Waals surface area contributed by atoms with E-state index in [2.05, 4.69) is 15.3 Å². The number of aromatic nitrogens is 3.